The number of ether oxygens (including phenoxy) is 1. The number of benzene rings is 2. The normalized spacial score (nSPS) is 14.1. The van der Waals surface area contributed by atoms with Crippen molar-refractivity contribution in [3.63, 3.8) is 0 Å². The molecule has 1 amide bonds. The maximum Gasteiger partial charge on any atom is 0.247 e. The van der Waals surface area contributed by atoms with E-state index in [9.17, 15) is 14.7 Å². The molecule has 28 heavy (non-hydrogen) atoms. The van der Waals surface area contributed by atoms with Crippen molar-refractivity contribution in [3.8, 4) is 5.75 Å². The fourth-order valence-corrected chi connectivity index (χ4v) is 2.92. The first-order valence-electron chi connectivity index (χ1n) is 8.99. The largest absolute Gasteiger partial charge is 0.505 e. The zero-order chi connectivity index (χ0) is 19.9. The van der Waals surface area contributed by atoms with Crippen LogP contribution in [0.1, 0.15) is 15.9 Å². The van der Waals surface area contributed by atoms with Crippen LogP contribution in [0.25, 0.3) is 6.08 Å². The molecule has 0 unspecified atom stereocenters. The van der Waals surface area contributed by atoms with Crippen molar-refractivity contribution in [2.45, 2.75) is 0 Å². The van der Waals surface area contributed by atoms with E-state index < -0.39 is 5.91 Å². The van der Waals surface area contributed by atoms with Gasteiger partial charge in [0.15, 0.2) is 5.78 Å². The van der Waals surface area contributed by atoms with Crippen LogP contribution in [0.3, 0.4) is 0 Å². The first-order chi connectivity index (χ1) is 13.6. The molecule has 6 heteroatoms. The summed E-state index contributed by atoms with van der Waals surface area (Å²) in [6, 6.07) is 12.4. The molecular weight excluding hydrogens is 356 g/mol. The number of hydrogen-bond acceptors (Lipinski definition) is 5. The van der Waals surface area contributed by atoms with E-state index in [1.807, 2.05) is 18.2 Å². The predicted molar refractivity (Wildman–Crippen MR) is 110 cm³/mol. The molecule has 2 N–H and O–H groups in total. The van der Waals surface area contributed by atoms with Gasteiger partial charge in [0.2, 0.25) is 5.91 Å². The highest BCUT2D eigenvalue weighted by Gasteiger charge is 2.13. The summed E-state index contributed by atoms with van der Waals surface area (Å²) in [5, 5.41) is 12.8. The monoisotopic (exact) mass is 378 g/mol. The molecule has 0 saturated carbocycles. The molecule has 2 aromatic rings. The minimum absolute atomic E-state index is 0.108. The molecule has 1 aliphatic heterocycles. The molecule has 3 rings (SSSR count). The summed E-state index contributed by atoms with van der Waals surface area (Å²) in [6.45, 7) is 6.33. The molecule has 1 fully saturated rings. The Bertz CT molecular complexity index is 915. The Morgan fingerprint density at radius 2 is 1.89 bits per heavy atom. The number of rotatable bonds is 6. The quantitative estimate of drug-likeness (QED) is 0.458. The molecule has 0 bridgehead atoms. The van der Waals surface area contributed by atoms with E-state index in [4.69, 9.17) is 4.74 Å². The number of allylic oxidation sites excluding steroid dienone is 1. The summed E-state index contributed by atoms with van der Waals surface area (Å²) in [4.78, 5) is 26.2. The van der Waals surface area contributed by atoms with Crippen LogP contribution in [-0.4, -0.2) is 43.1 Å². The first-order valence-corrected chi connectivity index (χ1v) is 8.99. The van der Waals surface area contributed by atoms with Crippen molar-refractivity contribution in [3.05, 3.63) is 72.3 Å². The lowest BCUT2D eigenvalue weighted by Crippen LogP contribution is -2.36. The fraction of sp³-hybridized carbons (Fsp3) is 0.182. The van der Waals surface area contributed by atoms with Gasteiger partial charge in [-0.3, -0.25) is 9.59 Å². The van der Waals surface area contributed by atoms with Crippen molar-refractivity contribution >= 4 is 29.1 Å². The molecule has 0 atom stereocenters. The van der Waals surface area contributed by atoms with Gasteiger partial charge >= 0.3 is 0 Å². The number of ketones is 1. The molecule has 0 aromatic heterocycles. The average Bonchev–Trinajstić information content (AvgIpc) is 2.74. The van der Waals surface area contributed by atoms with Crippen molar-refractivity contribution in [2.24, 2.45) is 0 Å². The van der Waals surface area contributed by atoms with Gasteiger partial charge in [-0.1, -0.05) is 30.8 Å². The topological polar surface area (TPSA) is 78.9 Å². The maximum absolute atomic E-state index is 12.6. The molecule has 0 aliphatic carbocycles. The number of anilines is 2. The summed E-state index contributed by atoms with van der Waals surface area (Å²) in [6.07, 6.45) is 4.06. The number of aromatic hydroxyl groups is 1. The Morgan fingerprint density at radius 3 is 2.64 bits per heavy atom. The standard InChI is InChI=1S/C22H22N2O4/c1-2-21(26)23-19-8-4-5-16(22(19)27)9-10-20(25)17-6-3-7-18(15-17)24-11-13-28-14-12-24/h2-10,15,27H,1,11-14H2,(H,23,26)/b10-9+. The summed E-state index contributed by atoms with van der Waals surface area (Å²) in [5.74, 6) is -0.703. The van der Waals surface area contributed by atoms with E-state index >= 15 is 0 Å². The Kier molecular flexibility index (Phi) is 6.24. The molecule has 2 aromatic carbocycles. The Morgan fingerprint density at radius 1 is 1.14 bits per heavy atom. The molecule has 1 saturated heterocycles. The number of phenols is 1. The number of phenolic OH excluding ortho intramolecular Hbond substituents is 1. The van der Waals surface area contributed by atoms with Gasteiger partial charge in [0.25, 0.3) is 0 Å². The second-order valence-corrected chi connectivity index (χ2v) is 6.28. The summed E-state index contributed by atoms with van der Waals surface area (Å²) in [5.41, 5.74) is 2.24. The van der Waals surface area contributed by atoms with Crippen LogP contribution in [0, 0.1) is 0 Å². The Balaban J connectivity index is 1.76. The van der Waals surface area contributed by atoms with Gasteiger partial charge in [-0.05, 0) is 36.4 Å². The lowest BCUT2D eigenvalue weighted by molar-refractivity contribution is -0.111. The van der Waals surface area contributed by atoms with Crippen LogP contribution in [0.5, 0.6) is 5.75 Å². The third-order valence-electron chi connectivity index (χ3n) is 4.43. The molecular formula is C22H22N2O4. The highest BCUT2D eigenvalue weighted by Crippen LogP contribution is 2.28. The van der Waals surface area contributed by atoms with Crippen molar-refractivity contribution in [2.75, 3.05) is 36.5 Å². The van der Waals surface area contributed by atoms with Gasteiger partial charge in [0.05, 0.1) is 18.9 Å². The smallest absolute Gasteiger partial charge is 0.247 e. The zero-order valence-electron chi connectivity index (χ0n) is 15.4. The van der Waals surface area contributed by atoms with Crippen LogP contribution < -0.4 is 10.2 Å². The van der Waals surface area contributed by atoms with Crippen LogP contribution in [0.2, 0.25) is 0 Å². The number of nitrogens with one attached hydrogen (secondary N) is 1. The van der Waals surface area contributed by atoms with Crippen LogP contribution in [0.15, 0.2) is 61.2 Å². The van der Waals surface area contributed by atoms with E-state index in [1.165, 1.54) is 12.2 Å². The molecule has 6 nitrogen and oxygen atoms in total. The number of morpholine rings is 1. The number of carbonyl (C=O) groups is 2. The van der Waals surface area contributed by atoms with Gasteiger partial charge in [-0.2, -0.15) is 0 Å². The van der Waals surface area contributed by atoms with Gasteiger partial charge in [0.1, 0.15) is 5.75 Å². The third kappa shape index (κ3) is 4.66. The molecule has 1 aliphatic rings. The fourth-order valence-electron chi connectivity index (χ4n) is 2.92. The van der Waals surface area contributed by atoms with Crippen molar-refractivity contribution < 1.29 is 19.4 Å². The average molecular weight is 378 g/mol. The number of hydrogen-bond donors (Lipinski definition) is 2. The predicted octanol–water partition coefficient (Wildman–Crippen LogP) is 3.25. The molecule has 1 heterocycles. The Labute approximate surface area is 163 Å². The van der Waals surface area contributed by atoms with E-state index in [0.29, 0.717) is 24.3 Å². The maximum atomic E-state index is 12.6. The number of nitrogens with zero attached hydrogens (tertiary/aromatic N) is 1. The third-order valence-corrected chi connectivity index (χ3v) is 4.43. The minimum Gasteiger partial charge on any atom is -0.505 e. The molecule has 0 spiro atoms. The number of para-hydroxylation sites is 1. The minimum atomic E-state index is -0.424. The van der Waals surface area contributed by atoms with Gasteiger partial charge in [-0.25, -0.2) is 0 Å². The SMILES string of the molecule is C=CC(=O)Nc1cccc(/C=C/C(=O)c2cccc(N3CCOCC3)c2)c1O. The first kappa shape index (κ1) is 19.4. The summed E-state index contributed by atoms with van der Waals surface area (Å²) in [7, 11) is 0. The Hall–Kier alpha value is -3.38. The second kappa shape index (κ2) is 9.01. The van der Waals surface area contributed by atoms with E-state index in [0.717, 1.165) is 24.9 Å². The second-order valence-electron chi connectivity index (χ2n) is 6.28. The number of carbonyl (C=O) groups excluding carboxylic acids is 2. The molecule has 0 radical (unpaired) electrons. The number of amides is 1. The van der Waals surface area contributed by atoms with Crippen molar-refractivity contribution in [1.82, 2.24) is 0 Å². The lowest BCUT2D eigenvalue weighted by atomic mass is 10.1. The van der Waals surface area contributed by atoms with Crippen LogP contribution in [0.4, 0.5) is 11.4 Å². The highest BCUT2D eigenvalue weighted by atomic mass is 16.5. The highest BCUT2D eigenvalue weighted by molar-refractivity contribution is 6.07. The summed E-state index contributed by atoms with van der Waals surface area (Å²) < 4.78 is 5.36. The lowest BCUT2D eigenvalue weighted by Gasteiger charge is -2.29. The van der Waals surface area contributed by atoms with Gasteiger partial charge in [-0.15, -0.1) is 0 Å². The van der Waals surface area contributed by atoms with E-state index in [2.05, 4.69) is 16.8 Å². The van der Waals surface area contributed by atoms with Crippen LogP contribution in [-0.2, 0) is 9.53 Å². The van der Waals surface area contributed by atoms with Crippen molar-refractivity contribution in [1.29, 1.82) is 0 Å². The van der Waals surface area contributed by atoms with Gasteiger partial charge < -0.3 is 20.1 Å². The summed E-state index contributed by atoms with van der Waals surface area (Å²) >= 11 is 0. The van der Waals surface area contributed by atoms with Crippen LogP contribution >= 0.6 is 0 Å². The zero-order valence-corrected chi connectivity index (χ0v) is 15.4. The molecule has 144 valence electrons. The van der Waals surface area contributed by atoms with E-state index in [1.54, 1.807) is 24.3 Å². The van der Waals surface area contributed by atoms with E-state index in [-0.39, 0.29) is 17.2 Å². The van der Waals surface area contributed by atoms with Gasteiger partial charge in [0, 0.05) is 29.9 Å².